The van der Waals surface area contributed by atoms with Gasteiger partial charge in [0.2, 0.25) is 5.91 Å². The molecule has 23 heavy (non-hydrogen) atoms. The summed E-state index contributed by atoms with van der Waals surface area (Å²) in [6.07, 6.45) is 0.429. The van der Waals surface area contributed by atoms with E-state index in [4.69, 9.17) is 4.74 Å². The Bertz CT molecular complexity index is 729. The largest absolute Gasteiger partial charge is 0.496 e. The van der Waals surface area contributed by atoms with Gasteiger partial charge in [0, 0.05) is 25.7 Å². The molecule has 0 saturated carbocycles. The lowest BCUT2D eigenvalue weighted by molar-refractivity contribution is -0.114. The quantitative estimate of drug-likeness (QED) is 0.879. The minimum Gasteiger partial charge on any atom is -0.496 e. The maximum absolute atomic E-state index is 12.7. The first-order valence-corrected chi connectivity index (χ1v) is 8.99. The fourth-order valence-electron chi connectivity index (χ4n) is 2.59. The topological polar surface area (TPSA) is 92.8 Å². The smallest absolute Gasteiger partial charge is 0.257 e. The molecule has 1 heterocycles. The van der Waals surface area contributed by atoms with Crippen LogP contribution < -0.4 is 10.1 Å². The van der Waals surface area contributed by atoms with Crippen LogP contribution in [0.25, 0.3) is 0 Å². The number of ether oxygens (including phenoxy) is 1. The number of nitrogens with one attached hydrogen (secondary N) is 1. The van der Waals surface area contributed by atoms with Crippen LogP contribution in [0.2, 0.25) is 0 Å². The molecule has 7 nitrogen and oxygen atoms in total. The van der Waals surface area contributed by atoms with Crippen molar-refractivity contribution in [2.75, 3.05) is 31.0 Å². The summed E-state index contributed by atoms with van der Waals surface area (Å²) in [7, 11) is -0.0478. The number of hydrogen-bond acceptors (Lipinski definition) is 5. The minimum absolute atomic E-state index is 0.0249. The summed E-state index contributed by atoms with van der Waals surface area (Å²) in [5.41, 5.74) is 0.764. The number of amides is 2. The Morgan fingerprint density at radius 1 is 1.35 bits per heavy atom. The lowest BCUT2D eigenvalue weighted by atomic mass is 10.1. The maximum atomic E-state index is 12.7. The predicted molar refractivity (Wildman–Crippen MR) is 86.5 cm³/mol. The van der Waals surface area contributed by atoms with Gasteiger partial charge in [-0.2, -0.15) is 0 Å². The number of methoxy groups -OCH3 is 1. The summed E-state index contributed by atoms with van der Waals surface area (Å²) in [5, 5.41) is 2.61. The van der Waals surface area contributed by atoms with E-state index in [0.717, 1.165) is 0 Å². The summed E-state index contributed by atoms with van der Waals surface area (Å²) in [6.45, 7) is 1.38. The molecule has 0 aliphatic carbocycles. The Kier molecular flexibility index (Phi) is 4.93. The third-order valence-electron chi connectivity index (χ3n) is 3.83. The molecule has 1 aliphatic heterocycles. The van der Waals surface area contributed by atoms with Crippen molar-refractivity contribution in [3.05, 3.63) is 23.8 Å². The van der Waals surface area contributed by atoms with Gasteiger partial charge >= 0.3 is 0 Å². The number of sulfone groups is 1. The van der Waals surface area contributed by atoms with Crippen LogP contribution in [0.1, 0.15) is 23.7 Å². The van der Waals surface area contributed by atoms with Crippen LogP contribution in [0.3, 0.4) is 0 Å². The number of rotatable bonds is 4. The van der Waals surface area contributed by atoms with Gasteiger partial charge in [0.1, 0.15) is 5.75 Å². The molecule has 1 N–H and O–H groups in total. The lowest BCUT2D eigenvalue weighted by Gasteiger charge is -2.24. The molecule has 8 heteroatoms. The first kappa shape index (κ1) is 17.3. The molecule has 2 rings (SSSR count). The van der Waals surface area contributed by atoms with E-state index in [9.17, 15) is 18.0 Å². The molecular formula is C15H20N2O5S. The average molecular weight is 340 g/mol. The molecule has 0 aromatic heterocycles. The lowest BCUT2D eigenvalue weighted by Crippen LogP contribution is -2.38. The number of benzene rings is 1. The standard InChI is InChI=1S/C15H20N2O5S/c1-10(18)16-11-4-5-14(22-3)13(8-11)15(19)17(2)12-6-7-23(20,21)9-12/h4-5,8,12H,6-7,9H2,1-3H3,(H,16,18). The normalized spacial score (nSPS) is 19.2. The molecule has 2 amide bonds. The summed E-state index contributed by atoms with van der Waals surface area (Å²) >= 11 is 0. The van der Waals surface area contributed by atoms with Gasteiger partial charge in [-0.1, -0.05) is 0 Å². The number of carbonyl (C=O) groups is 2. The molecule has 0 bridgehead atoms. The maximum Gasteiger partial charge on any atom is 0.257 e. The van der Waals surface area contributed by atoms with E-state index >= 15 is 0 Å². The summed E-state index contributed by atoms with van der Waals surface area (Å²) in [5.74, 6) is -0.141. The molecule has 1 aromatic rings. The van der Waals surface area contributed by atoms with Gasteiger partial charge < -0.3 is 15.0 Å². The van der Waals surface area contributed by atoms with Crippen LogP contribution in [0.4, 0.5) is 5.69 Å². The predicted octanol–water partition coefficient (Wildman–Crippen LogP) is 0.913. The van der Waals surface area contributed by atoms with E-state index in [1.165, 1.54) is 25.0 Å². The Labute approximate surface area is 135 Å². The highest BCUT2D eigenvalue weighted by molar-refractivity contribution is 7.91. The van der Waals surface area contributed by atoms with Gasteiger partial charge in [-0.15, -0.1) is 0 Å². The number of carbonyl (C=O) groups excluding carboxylic acids is 2. The van der Waals surface area contributed by atoms with E-state index in [1.54, 1.807) is 19.2 Å². The van der Waals surface area contributed by atoms with Gasteiger partial charge in [0.25, 0.3) is 5.91 Å². The van der Waals surface area contributed by atoms with Crippen molar-refractivity contribution in [1.29, 1.82) is 0 Å². The highest BCUT2D eigenvalue weighted by Crippen LogP contribution is 2.26. The fourth-order valence-corrected chi connectivity index (χ4v) is 4.37. The fraction of sp³-hybridized carbons (Fsp3) is 0.467. The van der Waals surface area contributed by atoms with Crippen molar-refractivity contribution >= 4 is 27.3 Å². The number of hydrogen-bond donors (Lipinski definition) is 1. The third kappa shape index (κ3) is 4.01. The highest BCUT2D eigenvalue weighted by atomic mass is 32.2. The van der Waals surface area contributed by atoms with Crippen LogP contribution in [-0.4, -0.2) is 56.8 Å². The highest BCUT2D eigenvalue weighted by Gasteiger charge is 2.33. The van der Waals surface area contributed by atoms with E-state index in [1.807, 2.05) is 0 Å². The zero-order chi connectivity index (χ0) is 17.2. The van der Waals surface area contributed by atoms with E-state index in [0.29, 0.717) is 17.9 Å². The van der Waals surface area contributed by atoms with Crippen LogP contribution >= 0.6 is 0 Å². The molecule has 0 radical (unpaired) electrons. The van der Waals surface area contributed by atoms with Gasteiger partial charge in [-0.05, 0) is 24.6 Å². The first-order valence-electron chi connectivity index (χ1n) is 7.16. The zero-order valence-electron chi connectivity index (χ0n) is 13.3. The molecule has 1 atom stereocenters. The van der Waals surface area contributed by atoms with Crippen LogP contribution in [0, 0.1) is 0 Å². The second-order valence-corrected chi connectivity index (χ2v) is 7.80. The second kappa shape index (κ2) is 6.57. The summed E-state index contributed by atoms with van der Waals surface area (Å²) in [4.78, 5) is 25.3. The van der Waals surface area contributed by atoms with Crippen molar-refractivity contribution < 1.29 is 22.7 Å². The number of nitrogens with zero attached hydrogens (tertiary/aromatic N) is 1. The van der Waals surface area contributed by atoms with E-state index in [-0.39, 0.29) is 34.9 Å². The zero-order valence-corrected chi connectivity index (χ0v) is 14.1. The summed E-state index contributed by atoms with van der Waals surface area (Å²) < 4.78 is 28.4. The Morgan fingerprint density at radius 3 is 2.57 bits per heavy atom. The van der Waals surface area contributed by atoms with Crippen LogP contribution in [0.15, 0.2) is 18.2 Å². The molecule has 1 aromatic carbocycles. The molecular weight excluding hydrogens is 320 g/mol. The molecule has 1 aliphatic rings. The summed E-state index contributed by atoms with van der Waals surface area (Å²) in [6, 6.07) is 4.42. The second-order valence-electron chi connectivity index (χ2n) is 5.57. The molecule has 1 fully saturated rings. The van der Waals surface area contributed by atoms with Crippen molar-refractivity contribution in [3.8, 4) is 5.75 Å². The number of anilines is 1. The minimum atomic E-state index is -3.08. The van der Waals surface area contributed by atoms with Gasteiger partial charge in [0.15, 0.2) is 9.84 Å². The Morgan fingerprint density at radius 2 is 2.04 bits per heavy atom. The van der Waals surface area contributed by atoms with Crippen molar-refractivity contribution in [2.45, 2.75) is 19.4 Å². The molecule has 1 unspecified atom stereocenters. The van der Waals surface area contributed by atoms with E-state index in [2.05, 4.69) is 5.32 Å². The van der Waals surface area contributed by atoms with Crippen molar-refractivity contribution in [2.24, 2.45) is 0 Å². The third-order valence-corrected chi connectivity index (χ3v) is 5.58. The molecule has 126 valence electrons. The van der Waals surface area contributed by atoms with Crippen molar-refractivity contribution in [1.82, 2.24) is 4.90 Å². The van der Waals surface area contributed by atoms with E-state index < -0.39 is 9.84 Å². The van der Waals surface area contributed by atoms with Gasteiger partial charge in [-0.3, -0.25) is 9.59 Å². The molecule has 0 spiro atoms. The van der Waals surface area contributed by atoms with Crippen LogP contribution in [0.5, 0.6) is 5.75 Å². The molecule has 1 saturated heterocycles. The van der Waals surface area contributed by atoms with Crippen LogP contribution in [-0.2, 0) is 14.6 Å². The Balaban J connectivity index is 2.28. The monoisotopic (exact) mass is 340 g/mol. The average Bonchev–Trinajstić information content (AvgIpc) is 2.85. The van der Waals surface area contributed by atoms with Gasteiger partial charge in [-0.25, -0.2) is 8.42 Å². The SMILES string of the molecule is COc1ccc(NC(C)=O)cc1C(=O)N(C)C1CCS(=O)(=O)C1. The van der Waals surface area contributed by atoms with Gasteiger partial charge in [0.05, 0.1) is 24.2 Å². The van der Waals surface area contributed by atoms with Crippen molar-refractivity contribution in [3.63, 3.8) is 0 Å². The Hall–Kier alpha value is -2.09. The first-order chi connectivity index (χ1) is 10.7.